The highest BCUT2D eigenvalue weighted by Crippen LogP contribution is 2.17. The molecule has 88 valence electrons. The Labute approximate surface area is 93.2 Å². The Morgan fingerprint density at radius 1 is 1.33 bits per heavy atom. The summed E-state index contributed by atoms with van der Waals surface area (Å²) in [7, 11) is 1.89. The fourth-order valence-electron chi connectivity index (χ4n) is 2.06. The summed E-state index contributed by atoms with van der Waals surface area (Å²) in [6.45, 7) is 3.06. The van der Waals surface area contributed by atoms with Crippen LogP contribution in [0.4, 0.5) is 4.79 Å². The molecule has 3 heteroatoms. The maximum absolute atomic E-state index is 11.7. The number of urea groups is 1. The van der Waals surface area contributed by atoms with Crippen molar-refractivity contribution in [2.45, 2.75) is 57.9 Å². The molecule has 0 heterocycles. The maximum Gasteiger partial charge on any atom is 0.317 e. The standard InChI is InChI=1S/C12H24N2O/c1-3-4-7-10-14(2)12(15)13-11-8-5-6-9-11/h11H,3-10H2,1-2H3,(H,13,15). The Balaban J connectivity index is 2.14. The van der Waals surface area contributed by atoms with E-state index in [0.717, 1.165) is 25.8 Å². The van der Waals surface area contributed by atoms with Crippen LogP contribution in [-0.2, 0) is 0 Å². The van der Waals surface area contributed by atoms with Gasteiger partial charge in [0.05, 0.1) is 0 Å². The van der Waals surface area contributed by atoms with E-state index in [1.165, 1.54) is 25.7 Å². The fourth-order valence-corrected chi connectivity index (χ4v) is 2.06. The predicted molar refractivity (Wildman–Crippen MR) is 62.9 cm³/mol. The van der Waals surface area contributed by atoms with E-state index in [1.54, 1.807) is 0 Å². The van der Waals surface area contributed by atoms with Crippen LogP contribution in [0.25, 0.3) is 0 Å². The molecule has 1 fully saturated rings. The molecule has 0 aromatic rings. The van der Waals surface area contributed by atoms with Gasteiger partial charge in [-0.3, -0.25) is 0 Å². The molecule has 0 aromatic carbocycles. The molecule has 0 radical (unpaired) electrons. The highest BCUT2D eigenvalue weighted by atomic mass is 16.2. The van der Waals surface area contributed by atoms with Crippen molar-refractivity contribution in [3.8, 4) is 0 Å². The zero-order valence-electron chi connectivity index (χ0n) is 10.1. The molecular weight excluding hydrogens is 188 g/mol. The summed E-state index contributed by atoms with van der Waals surface area (Å²) in [4.78, 5) is 13.5. The van der Waals surface area contributed by atoms with Gasteiger partial charge >= 0.3 is 6.03 Å². The van der Waals surface area contributed by atoms with Crippen molar-refractivity contribution in [2.75, 3.05) is 13.6 Å². The van der Waals surface area contributed by atoms with Gasteiger partial charge in [-0.05, 0) is 19.3 Å². The Kier molecular flexibility index (Phi) is 5.51. The van der Waals surface area contributed by atoms with Crippen LogP contribution in [0.1, 0.15) is 51.9 Å². The molecule has 0 unspecified atom stereocenters. The number of nitrogens with zero attached hydrogens (tertiary/aromatic N) is 1. The minimum atomic E-state index is 0.109. The van der Waals surface area contributed by atoms with Crippen molar-refractivity contribution in [3.05, 3.63) is 0 Å². The minimum absolute atomic E-state index is 0.109. The predicted octanol–water partition coefficient (Wildman–Crippen LogP) is 2.76. The molecule has 1 rings (SSSR count). The second kappa shape index (κ2) is 6.70. The van der Waals surface area contributed by atoms with Crippen molar-refractivity contribution >= 4 is 6.03 Å². The van der Waals surface area contributed by atoms with Crippen LogP contribution in [0.2, 0.25) is 0 Å². The van der Waals surface area contributed by atoms with Crippen LogP contribution in [0.5, 0.6) is 0 Å². The van der Waals surface area contributed by atoms with E-state index in [-0.39, 0.29) is 6.03 Å². The van der Waals surface area contributed by atoms with Crippen LogP contribution >= 0.6 is 0 Å². The second-order valence-corrected chi connectivity index (χ2v) is 4.56. The molecule has 0 saturated heterocycles. The lowest BCUT2D eigenvalue weighted by Crippen LogP contribution is -2.42. The van der Waals surface area contributed by atoms with E-state index >= 15 is 0 Å². The number of unbranched alkanes of at least 4 members (excludes halogenated alkanes) is 2. The van der Waals surface area contributed by atoms with E-state index in [9.17, 15) is 4.79 Å². The summed E-state index contributed by atoms with van der Waals surface area (Å²) in [6, 6.07) is 0.545. The quantitative estimate of drug-likeness (QED) is 0.698. The highest BCUT2D eigenvalue weighted by Gasteiger charge is 2.18. The maximum atomic E-state index is 11.7. The van der Waals surface area contributed by atoms with Crippen molar-refractivity contribution < 1.29 is 4.79 Å². The van der Waals surface area contributed by atoms with Crippen LogP contribution in [0.15, 0.2) is 0 Å². The van der Waals surface area contributed by atoms with Gasteiger partial charge in [-0.15, -0.1) is 0 Å². The molecule has 2 amide bonds. The molecule has 0 atom stereocenters. The number of carbonyl (C=O) groups excluding carboxylic acids is 1. The summed E-state index contributed by atoms with van der Waals surface area (Å²) >= 11 is 0. The van der Waals surface area contributed by atoms with Crippen molar-refractivity contribution in [1.29, 1.82) is 0 Å². The van der Waals surface area contributed by atoms with Gasteiger partial charge in [-0.2, -0.15) is 0 Å². The number of hydrogen-bond donors (Lipinski definition) is 1. The first kappa shape index (κ1) is 12.3. The molecule has 1 aliphatic rings. The van der Waals surface area contributed by atoms with Crippen molar-refractivity contribution in [2.24, 2.45) is 0 Å². The van der Waals surface area contributed by atoms with E-state index in [2.05, 4.69) is 12.2 Å². The van der Waals surface area contributed by atoms with E-state index < -0.39 is 0 Å². The van der Waals surface area contributed by atoms with Gasteiger partial charge in [0, 0.05) is 19.6 Å². The van der Waals surface area contributed by atoms with Gasteiger partial charge in [0.15, 0.2) is 0 Å². The second-order valence-electron chi connectivity index (χ2n) is 4.56. The lowest BCUT2D eigenvalue weighted by atomic mass is 10.2. The summed E-state index contributed by atoms with van der Waals surface area (Å²) in [6.07, 6.45) is 8.39. The molecule has 1 aliphatic carbocycles. The molecule has 0 spiro atoms. The number of amides is 2. The van der Waals surface area contributed by atoms with E-state index in [4.69, 9.17) is 0 Å². The van der Waals surface area contributed by atoms with Gasteiger partial charge in [-0.1, -0.05) is 32.6 Å². The highest BCUT2D eigenvalue weighted by molar-refractivity contribution is 5.74. The first-order valence-electron chi connectivity index (χ1n) is 6.25. The Morgan fingerprint density at radius 2 is 2.00 bits per heavy atom. The molecule has 0 aromatic heterocycles. The van der Waals surface area contributed by atoms with Gasteiger partial charge < -0.3 is 10.2 Å². The summed E-state index contributed by atoms with van der Waals surface area (Å²) in [5.41, 5.74) is 0. The van der Waals surface area contributed by atoms with E-state index in [0.29, 0.717) is 6.04 Å². The Morgan fingerprint density at radius 3 is 2.60 bits per heavy atom. The third-order valence-corrected chi connectivity index (χ3v) is 3.13. The first-order chi connectivity index (χ1) is 7.24. The molecule has 15 heavy (non-hydrogen) atoms. The minimum Gasteiger partial charge on any atom is -0.335 e. The average molecular weight is 212 g/mol. The normalized spacial score (nSPS) is 16.7. The van der Waals surface area contributed by atoms with Crippen LogP contribution < -0.4 is 5.32 Å². The van der Waals surface area contributed by atoms with Crippen LogP contribution in [0.3, 0.4) is 0 Å². The molecule has 1 N–H and O–H groups in total. The SMILES string of the molecule is CCCCCN(C)C(=O)NC1CCCC1. The summed E-state index contributed by atoms with van der Waals surface area (Å²) in [5.74, 6) is 0. The van der Waals surface area contributed by atoms with Crippen LogP contribution in [0, 0.1) is 0 Å². The van der Waals surface area contributed by atoms with E-state index in [1.807, 2.05) is 11.9 Å². The van der Waals surface area contributed by atoms with Crippen molar-refractivity contribution in [1.82, 2.24) is 10.2 Å². The number of carbonyl (C=O) groups is 1. The number of rotatable bonds is 5. The largest absolute Gasteiger partial charge is 0.335 e. The molecule has 3 nitrogen and oxygen atoms in total. The molecule has 0 aliphatic heterocycles. The number of hydrogen-bond acceptors (Lipinski definition) is 1. The van der Waals surface area contributed by atoms with Crippen LogP contribution in [-0.4, -0.2) is 30.6 Å². The monoisotopic (exact) mass is 212 g/mol. The van der Waals surface area contributed by atoms with Crippen molar-refractivity contribution in [3.63, 3.8) is 0 Å². The third-order valence-electron chi connectivity index (χ3n) is 3.13. The Hall–Kier alpha value is -0.730. The lowest BCUT2D eigenvalue weighted by molar-refractivity contribution is 0.204. The summed E-state index contributed by atoms with van der Waals surface area (Å²) in [5, 5.41) is 3.09. The lowest BCUT2D eigenvalue weighted by Gasteiger charge is -2.20. The van der Waals surface area contributed by atoms with Gasteiger partial charge in [0.25, 0.3) is 0 Å². The molecular formula is C12H24N2O. The summed E-state index contributed by atoms with van der Waals surface area (Å²) < 4.78 is 0. The number of nitrogens with one attached hydrogen (secondary N) is 1. The van der Waals surface area contributed by atoms with Gasteiger partial charge in [-0.25, -0.2) is 4.79 Å². The van der Waals surface area contributed by atoms with Gasteiger partial charge in [0.2, 0.25) is 0 Å². The first-order valence-corrected chi connectivity index (χ1v) is 6.25. The van der Waals surface area contributed by atoms with Gasteiger partial charge in [0.1, 0.15) is 0 Å². The zero-order chi connectivity index (χ0) is 11.1. The average Bonchev–Trinajstić information content (AvgIpc) is 2.70. The fraction of sp³-hybridized carbons (Fsp3) is 0.917. The molecule has 1 saturated carbocycles. The topological polar surface area (TPSA) is 32.3 Å². The smallest absolute Gasteiger partial charge is 0.317 e. The molecule has 0 bridgehead atoms. The zero-order valence-corrected chi connectivity index (χ0v) is 10.1. The Bertz CT molecular complexity index is 188. The third kappa shape index (κ3) is 4.54.